The van der Waals surface area contributed by atoms with Gasteiger partial charge in [-0.2, -0.15) is 0 Å². The molecule has 1 unspecified atom stereocenters. The van der Waals surface area contributed by atoms with Crippen molar-refractivity contribution in [2.75, 3.05) is 14.2 Å². The third kappa shape index (κ3) is 3.56. The number of carbonyl (C=O) groups is 1. The number of ether oxygens (including phenoxy) is 1. The zero-order valence-corrected chi connectivity index (χ0v) is 15.3. The summed E-state index contributed by atoms with van der Waals surface area (Å²) in [7, 11) is 3.43. The summed E-state index contributed by atoms with van der Waals surface area (Å²) in [5.74, 6) is 0.676. The van der Waals surface area contributed by atoms with Gasteiger partial charge in [0.2, 0.25) is 0 Å². The summed E-state index contributed by atoms with van der Waals surface area (Å²) in [4.78, 5) is 19.0. The lowest BCUT2D eigenvalue weighted by molar-refractivity contribution is 0.0736. The van der Waals surface area contributed by atoms with Gasteiger partial charge in [0.15, 0.2) is 0 Å². The molecule has 0 spiro atoms. The normalized spacial score (nSPS) is 11.8. The van der Waals surface area contributed by atoms with Crippen LogP contribution in [0.3, 0.4) is 0 Å². The Kier molecular flexibility index (Phi) is 5.14. The summed E-state index contributed by atoms with van der Waals surface area (Å²) in [5, 5.41) is 2.66. The lowest BCUT2D eigenvalue weighted by Crippen LogP contribution is -2.30. The van der Waals surface area contributed by atoms with E-state index in [-0.39, 0.29) is 11.9 Å². The lowest BCUT2D eigenvalue weighted by atomic mass is 10.1. The second-order valence-electron chi connectivity index (χ2n) is 5.74. The van der Waals surface area contributed by atoms with Crippen molar-refractivity contribution < 1.29 is 9.53 Å². The molecular formula is C20H20N2O2S. The molecule has 0 fully saturated rings. The Balaban J connectivity index is 1.82. The fourth-order valence-corrected chi connectivity index (χ4v) is 3.46. The summed E-state index contributed by atoms with van der Waals surface area (Å²) in [6, 6.07) is 17.5. The number of benzene rings is 2. The minimum absolute atomic E-state index is 0.100. The molecule has 0 radical (unpaired) electrons. The van der Waals surface area contributed by atoms with E-state index in [2.05, 4.69) is 4.98 Å². The molecule has 0 saturated carbocycles. The molecule has 1 atom stereocenters. The van der Waals surface area contributed by atoms with Crippen molar-refractivity contribution in [1.82, 2.24) is 9.88 Å². The van der Waals surface area contributed by atoms with Crippen molar-refractivity contribution in [2.24, 2.45) is 0 Å². The molecule has 0 aliphatic carbocycles. The van der Waals surface area contributed by atoms with Crippen LogP contribution >= 0.6 is 11.3 Å². The Morgan fingerprint density at radius 2 is 1.80 bits per heavy atom. The molecule has 2 aromatic carbocycles. The molecule has 3 rings (SSSR count). The summed E-state index contributed by atoms with van der Waals surface area (Å²) in [5.41, 5.74) is 2.46. The van der Waals surface area contributed by atoms with Crippen LogP contribution in [0.2, 0.25) is 0 Å². The van der Waals surface area contributed by atoms with Crippen LogP contribution in [-0.2, 0) is 0 Å². The Morgan fingerprint density at radius 1 is 1.12 bits per heavy atom. The van der Waals surface area contributed by atoms with E-state index in [4.69, 9.17) is 4.74 Å². The first-order valence-electron chi connectivity index (χ1n) is 8.03. The van der Waals surface area contributed by atoms with E-state index in [1.165, 1.54) is 11.3 Å². The lowest BCUT2D eigenvalue weighted by Gasteiger charge is -2.26. The van der Waals surface area contributed by atoms with Crippen LogP contribution in [-0.4, -0.2) is 29.9 Å². The molecule has 0 bridgehead atoms. The molecule has 5 heteroatoms. The number of hydrogen-bond donors (Lipinski definition) is 0. The quantitative estimate of drug-likeness (QED) is 0.671. The van der Waals surface area contributed by atoms with Gasteiger partial charge in [-0.05, 0) is 13.0 Å². The maximum atomic E-state index is 12.8. The minimum Gasteiger partial charge on any atom is -0.496 e. The average Bonchev–Trinajstić information content (AvgIpc) is 3.17. The average molecular weight is 352 g/mol. The van der Waals surface area contributed by atoms with Gasteiger partial charge in [-0.3, -0.25) is 4.79 Å². The third-order valence-corrected chi connectivity index (χ3v) is 5.13. The molecule has 128 valence electrons. The number of para-hydroxylation sites is 1. The van der Waals surface area contributed by atoms with Crippen molar-refractivity contribution in [1.29, 1.82) is 0 Å². The largest absolute Gasteiger partial charge is 0.496 e. The number of nitrogens with zero attached hydrogens (tertiary/aromatic N) is 2. The molecule has 3 aromatic rings. The maximum Gasteiger partial charge on any atom is 0.273 e. The zero-order valence-electron chi connectivity index (χ0n) is 14.5. The van der Waals surface area contributed by atoms with Gasteiger partial charge >= 0.3 is 0 Å². The SMILES string of the molecule is COc1ccccc1C(C)N(C)C(=O)c1csc(-c2ccccc2)n1. The summed E-state index contributed by atoms with van der Waals surface area (Å²) in [6.07, 6.45) is 0. The molecule has 0 saturated heterocycles. The number of thiazole rings is 1. The van der Waals surface area contributed by atoms with Gasteiger partial charge in [0.25, 0.3) is 5.91 Å². The molecule has 4 nitrogen and oxygen atoms in total. The van der Waals surface area contributed by atoms with Crippen LogP contribution in [0.5, 0.6) is 5.75 Å². The van der Waals surface area contributed by atoms with Crippen molar-refractivity contribution in [3.8, 4) is 16.3 Å². The van der Waals surface area contributed by atoms with Crippen LogP contribution in [0.15, 0.2) is 60.0 Å². The van der Waals surface area contributed by atoms with E-state index in [0.29, 0.717) is 5.69 Å². The number of aromatic nitrogens is 1. The van der Waals surface area contributed by atoms with E-state index in [1.54, 1.807) is 19.1 Å². The predicted octanol–water partition coefficient (Wildman–Crippen LogP) is 4.65. The second kappa shape index (κ2) is 7.49. The standard InChI is InChI=1S/C20H20N2O2S/c1-14(16-11-7-8-12-18(16)24-3)22(2)20(23)17-13-25-19(21-17)15-9-5-4-6-10-15/h4-14H,1-3H3. The predicted molar refractivity (Wildman–Crippen MR) is 101 cm³/mol. The first-order chi connectivity index (χ1) is 12.1. The highest BCUT2D eigenvalue weighted by molar-refractivity contribution is 7.13. The highest BCUT2D eigenvalue weighted by Crippen LogP contribution is 2.30. The first-order valence-corrected chi connectivity index (χ1v) is 8.90. The minimum atomic E-state index is -0.120. The first kappa shape index (κ1) is 17.2. The Morgan fingerprint density at radius 3 is 2.52 bits per heavy atom. The zero-order chi connectivity index (χ0) is 17.8. The molecule has 1 heterocycles. The van der Waals surface area contributed by atoms with E-state index in [1.807, 2.05) is 66.9 Å². The van der Waals surface area contributed by atoms with Crippen molar-refractivity contribution in [3.63, 3.8) is 0 Å². The van der Waals surface area contributed by atoms with Gasteiger partial charge in [-0.1, -0.05) is 48.5 Å². The van der Waals surface area contributed by atoms with E-state index in [0.717, 1.165) is 21.9 Å². The topological polar surface area (TPSA) is 42.4 Å². The second-order valence-corrected chi connectivity index (χ2v) is 6.60. The van der Waals surface area contributed by atoms with Crippen LogP contribution in [0.4, 0.5) is 0 Å². The van der Waals surface area contributed by atoms with Crippen LogP contribution in [0, 0.1) is 0 Å². The fourth-order valence-electron chi connectivity index (χ4n) is 2.66. The van der Waals surface area contributed by atoms with Gasteiger partial charge in [-0.25, -0.2) is 4.98 Å². The van der Waals surface area contributed by atoms with E-state index >= 15 is 0 Å². The summed E-state index contributed by atoms with van der Waals surface area (Å²) >= 11 is 1.48. The molecule has 0 N–H and O–H groups in total. The van der Waals surface area contributed by atoms with Crippen LogP contribution in [0.25, 0.3) is 10.6 Å². The van der Waals surface area contributed by atoms with Crippen molar-refractivity contribution in [2.45, 2.75) is 13.0 Å². The summed E-state index contributed by atoms with van der Waals surface area (Å²) in [6.45, 7) is 1.99. The molecule has 1 aromatic heterocycles. The highest BCUT2D eigenvalue weighted by Gasteiger charge is 2.23. The number of carbonyl (C=O) groups excluding carboxylic acids is 1. The van der Waals surface area contributed by atoms with Gasteiger partial charge in [0.05, 0.1) is 13.2 Å². The van der Waals surface area contributed by atoms with Gasteiger partial charge in [0, 0.05) is 23.6 Å². The van der Waals surface area contributed by atoms with Crippen molar-refractivity contribution >= 4 is 17.2 Å². The number of amides is 1. The maximum absolute atomic E-state index is 12.8. The smallest absolute Gasteiger partial charge is 0.273 e. The van der Waals surface area contributed by atoms with E-state index < -0.39 is 0 Å². The monoisotopic (exact) mass is 352 g/mol. The molecule has 1 amide bonds. The van der Waals surface area contributed by atoms with Gasteiger partial charge < -0.3 is 9.64 Å². The Labute approximate surface area is 151 Å². The number of hydrogen-bond acceptors (Lipinski definition) is 4. The van der Waals surface area contributed by atoms with Gasteiger partial charge in [0.1, 0.15) is 16.5 Å². The number of methoxy groups -OCH3 is 1. The third-order valence-electron chi connectivity index (χ3n) is 4.23. The molecular weight excluding hydrogens is 332 g/mol. The van der Waals surface area contributed by atoms with Gasteiger partial charge in [-0.15, -0.1) is 11.3 Å². The van der Waals surface area contributed by atoms with Crippen molar-refractivity contribution in [3.05, 3.63) is 71.2 Å². The van der Waals surface area contributed by atoms with Crippen LogP contribution in [0.1, 0.15) is 29.0 Å². The molecule has 25 heavy (non-hydrogen) atoms. The summed E-state index contributed by atoms with van der Waals surface area (Å²) < 4.78 is 5.41. The highest BCUT2D eigenvalue weighted by atomic mass is 32.1. The molecule has 0 aliphatic heterocycles. The molecule has 0 aliphatic rings. The Hall–Kier alpha value is -2.66. The number of rotatable bonds is 5. The fraction of sp³-hybridized carbons (Fsp3) is 0.200. The van der Waals surface area contributed by atoms with Crippen LogP contribution < -0.4 is 4.74 Å². The van der Waals surface area contributed by atoms with E-state index in [9.17, 15) is 4.79 Å². The Bertz CT molecular complexity index is 861.